The lowest BCUT2D eigenvalue weighted by Crippen LogP contribution is -2.26. The van der Waals surface area contributed by atoms with E-state index in [9.17, 15) is 13.2 Å². The number of alkyl halides is 3. The van der Waals surface area contributed by atoms with Crippen LogP contribution in [0.5, 0.6) is 0 Å². The molecule has 0 atom stereocenters. The third-order valence-electron chi connectivity index (χ3n) is 3.43. The van der Waals surface area contributed by atoms with Gasteiger partial charge in [-0.2, -0.15) is 18.3 Å². The first-order chi connectivity index (χ1) is 9.04. The molecule has 19 heavy (non-hydrogen) atoms. The van der Waals surface area contributed by atoms with E-state index < -0.39 is 11.9 Å². The smallest absolute Gasteiger partial charge is 0.317 e. The molecule has 3 rings (SSSR count). The molecule has 2 aromatic heterocycles. The van der Waals surface area contributed by atoms with E-state index in [-0.39, 0.29) is 5.65 Å². The molecule has 1 aliphatic heterocycles. The van der Waals surface area contributed by atoms with Crippen molar-refractivity contribution in [3.63, 3.8) is 0 Å². The zero-order valence-electron chi connectivity index (χ0n) is 10.1. The number of rotatable bonds is 1. The number of halogens is 3. The summed E-state index contributed by atoms with van der Waals surface area (Å²) in [4.78, 5) is 4.07. The van der Waals surface area contributed by atoms with E-state index in [0.29, 0.717) is 5.92 Å². The van der Waals surface area contributed by atoms with Gasteiger partial charge in [-0.3, -0.25) is 0 Å². The molecule has 1 fully saturated rings. The molecule has 0 aliphatic carbocycles. The van der Waals surface area contributed by atoms with Gasteiger partial charge in [-0.1, -0.05) is 0 Å². The van der Waals surface area contributed by atoms with Crippen molar-refractivity contribution in [1.29, 1.82) is 0 Å². The van der Waals surface area contributed by atoms with Crippen LogP contribution in [0.1, 0.15) is 30.0 Å². The van der Waals surface area contributed by atoms with Crippen LogP contribution in [0.4, 0.5) is 13.2 Å². The predicted octanol–water partition coefficient (Wildman–Crippen LogP) is 2.22. The Balaban J connectivity index is 1.96. The molecule has 0 saturated carbocycles. The van der Waals surface area contributed by atoms with Crippen molar-refractivity contribution in [2.24, 2.45) is 0 Å². The number of hydrogen-bond acceptors (Lipinski definition) is 3. The molecule has 4 nitrogen and oxygen atoms in total. The molecule has 1 aliphatic rings. The van der Waals surface area contributed by atoms with Gasteiger partial charge in [0.25, 0.3) is 0 Å². The molecule has 0 bridgehead atoms. The molecule has 0 spiro atoms. The maximum atomic E-state index is 12.6. The Hall–Kier alpha value is -1.63. The van der Waals surface area contributed by atoms with Gasteiger partial charge in [0.05, 0.1) is 0 Å². The van der Waals surface area contributed by atoms with Crippen LogP contribution in [0.15, 0.2) is 18.5 Å². The third kappa shape index (κ3) is 2.42. The van der Waals surface area contributed by atoms with Crippen molar-refractivity contribution in [2.45, 2.75) is 24.9 Å². The summed E-state index contributed by atoms with van der Waals surface area (Å²) in [6, 6.07) is 0.964. The van der Waals surface area contributed by atoms with Gasteiger partial charge in [-0.25, -0.2) is 9.50 Å². The molecule has 102 valence electrons. The quantitative estimate of drug-likeness (QED) is 0.864. The van der Waals surface area contributed by atoms with Crippen LogP contribution in [0.2, 0.25) is 0 Å². The van der Waals surface area contributed by atoms with Crippen molar-refractivity contribution in [2.75, 3.05) is 13.1 Å². The highest BCUT2D eigenvalue weighted by atomic mass is 19.4. The summed E-state index contributed by atoms with van der Waals surface area (Å²) in [6.45, 7) is 1.85. The Morgan fingerprint density at radius 2 is 2.00 bits per heavy atom. The van der Waals surface area contributed by atoms with Crippen LogP contribution in [0.25, 0.3) is 5.65 Å². The average Bonchev–Trinajstić information content (AvgIpc) is 2.82. The number of fused-ring (bicyclic) bond motifs is 1. The van der Waals surface area contributed by atoms with E-state index in [1.807, 2.05) is 0 Å². The highest BCUT2D eigenvalue weighted by Gasteiger charge is 2.34. The third-order valence-corrected chi connectivity index (χ3v) is 3.43. The largest absolute Gasteiger partial charge is 0.435 e. The minimum atomic E-state index is -4.43. The van der Waals surface area contributed by atoms with Gasteiger partial charge in [0, 0.05) is 18.5 Å². The fraction of sp³-hybridized carbons (Fsp3) is 0.500. The zero-order chi connectivity index (χ0) is 13.5. The minimum absolute atomic E-state index is 0.227. The van der Waals surface area contributed by atoms with Gasteiger partial charge in [-0.15, -0.1) is 0 Å². The fourth-order valence-electron chi connectivity index (χ4n) is 2.40. The number of nitrogens with zero attached hydrogens (tertiary/aromatic N) is 3. The number of hydrogen-bond donors (Lipinski definition) is 1. The lowest BCUT2D eigenvalue weighted by molar-refractivity contribution is -0.141. The molecule has 0 radical (unpaired) electrons. The summed E-state index contributed by atoms with van der Waals surface area (Å²) >= 11 is 0. The first kappa shape index (κ1) is 12.4. The predicted molar refractivity (Wildman–Crippen MR) is 62.8 cm³/mol. The van der Waals surface area contributed by atoms with Crippen LogP contribution in [-0.4, -0.2) is 27.7 Å². The second-order valence-corrected chi connectivity index (χ2v) is 4.74. The summed E-state index contributed by atoms with van der Waals surface area (Å²) in [5.74, 6) is 0.344. The molecule has 0 aromatic carbocycles. The lowest BCUT2D eigenvalue weighted by atomic mass is 9.92. The number of nitrogens with one attached hydrogen (secondary N) is 1. The summed E-state index contributed by atoms with van der Waals surface area (Å²) in [6.07, 6.45) is 0.838. The van der Waals surface area contributed by atoms with E-state index in [4.69, 9.17) is 0 Å². The highest BCUT2D eigenvalue weighted by molar-refractivity contribution is 5.40. The number of aromatic nitrogens is 3. The van der Waals surface area contributed by atoms with Crippen LogP contribution < -0.4 is 5.32 Å². The fourth-order valence-corrected chi connectivity index (χ4v) is 2.40. The normalized spacial score (nSPS) is 18.1. The van der Waals surface area contributed by atoms with Gasteiger partial charge >= 0.3 is 6.18 Å². The Kier molecular flexibility index (Phi) is 2.93. The summed E-state index contributed by atoms with van der Waals surface area (Å²) in [7, 11) is 0. The van der Waals surface area contributed by atoms with Crippen molar-refractivity contribution >= 4 is 5.65 Å². The van der Waals surface area contributed by atoms with Crippen LogP contribution in [0.3, 0.4) is 0 Å². The highest BCUT2D eigenvalue weighted by Crippen LogP contribution is 2.29. The van der Waals surface area contributed by atoms with Gasteiger partial charge in [0.2, 0.25) is 0 Å². The Bertz CT molecular complexity index is 584. The molecular formula is C12H13F3N4. The maximum absolute atomic E-state index is 12.6. The second-order valence-electron chi connectivity index (χ2n) is 4.74. The molecule has 1 saturated heterocycles. The summed E-state index contributed by atoms with van der Waals surface area (Å²) in [5.41, 5.74) is 0.276. The monoisotopic (exact) mass is 270 g/mol. The first-order valence-electron chi connectivity index (χ1n) is 6.17. The Labute approximate surface area is 107 Å². The van der Waals surface area contributed by atoms with E-state index in [1.54, 1.807) is 12.4 Å². The van der Waals surface area contributed by atoms with E-state index >= 15 is 0 Å². The number of piperidine rings is 1. The van der Waals surface area contributed by atoms with Crippen LogP contribution in [0, 0.1) is 0 Å². The first-order valence-corrected chi connectivity index (χ1v) is 6.17. The van der Waals surface area contributed by atoms with Crippen molar-refractivity contribution in [3.05, 3.63) is 29.7 Å². The Morgan fingerprint density at radius 3 is 2.68 bits per heavy atom. The lowest BCUT2D eigenvalue weighted by Gasteiger charge is -2.22. The summed E-state index contributed by atoms with van der Waals surface area (Å²) in [5, 5.41) is 6.81. The topological polar surface area (TPSA) is 42.2 Å². The zero-order valence-corrected chi connectivity index (χ0v) is 10.1. The SMILES string of the molecule is FC(F)(F)c1cc2ncc(C3CCNCC3)cn2n1. The maximum Gasteiger partial charge on any atom is 0.435 e. The van der Waals surface area contributed by atoms with Gasteiger partial charge in [-0.05, 0) is 37.4 Å². The minimum Gasteiger partial charge on any atom is -0.317 e. The standard InChI is InChI=1S/C12H13F3N4/c13-12(14,15)10-5-11-17-6-9(7-19(11)18-10)8-1-3-16-4-2-8/h5-8,16H,1-4H2. The van der Waals surface area contributed by atoms with Gasteiger partial charge < -0.3 is 5.32 Å². The average molecular weight is 270 g/mol. The van der Waals surface area contributed by atoms with Crippen molar-refractivity contribution in [1.82, 2.24) is 19.9 Å². The van der Waals surface area contributed by atoms with Gasteiger partial charge in [0.1, 0.15) is 0 Å². The van der Waals surface area contributed by atoms with Crippen LogP contribution >= 0.6 is 0 Å². The van der Waals surface area contributed by atoms with E-state index in [1.165, 1.54) is 4.52 Å². The summed E-state index contributed by atoms with van der Waals surface area (Å²) < 4.78 is 38.9. The molecule has 0 unspecified atom stereocenters. The van der Waals surface area contributed by atoms with E-state index in [0.717, 1.165) is 37.6 Å². The molecule has 2 aromatic rings. The molecule has 1 N–H and O–H groups in total. The molecule has 0 amide bonds. The van der Waals surface area contributed by atoms with Crippen molar-refractivity contribution in [3.8, 4) is 0 Å². The van der Waals surface area contributed by atoms with Gasteiger partial charge in [0.15, 0.2) is 11.3 Å². The van der Waals surface area contributed by atoms with Crippen LogP contribution in [-0.2, 0) is 6.18 Å². The Morgan fingerprint density at radius 1 is 1.26 bits per heavy atom. The van der Waals surface area contributed by atoms with E-state index in [2.05, 4.69) is 15.4 Å². The van der Waals surface area contributed by atoms with Crippen molar-refractivity contribution < 1.29 is 13.2 Å². The second kappa shape index (κ2) is 4.48. The molecular weight excluding hydrogens is 257 g/mol. The molecule has 3 heterocycles. The molecule has 7 heteroatoms.